The zero-order valence-electron chi connectivity index (χ0n) is 48.8. The molecule has 0 aliphatic carbocycles. The van der Waals surface area contributed by atoms with E-state index in [0.29, 0.717) is 0 Å². The van der Waals surface area contributed by atoms with Crippen molar-refractivity contribution in [2.75, 3.05) is 91.6 Å². The highest BCUT2D eigenvalue weighted by Gasteiger charge is 2.35. The molecule has 0 aliphatic rings. The van der Waals surface area contributed by atoms with Crippen LogP contribution >= 0.6 is 0 Å². The van der Waals surface area contributed by atoms with Gasteiger partial charge in [0.1, 0.15) is 31.5 Å². The predicted molar refractivity (Wildman–Crippen MR) is 288 cm³/mol. The van der Waals surface area contributed by atoms with E-state index in [9.17, 15) is 64.8 Å². The summed E-state index contributed by atoms with van der Waals surface area (Å²) >= 11 is 0. The number of rotatable bonds is 38. The lowest BCUT2D eigenvalue weighted by Crippen LogP contribution is -2.58. The highest BCUT2D eigenvalue weighted by molar-refractivity contribution is 5.86. The molecule has 0 aromatic carbocycles. The van der Waals surface area contributed by atoms with Gasteiger partial charge in [-0.25, -0.2) is 0 Å². The van der Waals surface area contributed by atoms with Gasteiger partial charge in [0.25, 0.3) is 0 Å². The van der Waals surface area contributed by atoms with E-state index in [4.69, 9.17) is 5.73 Å². The average Bonchev–Trinajstić information content (AvgIpc) is 3.26. The third-order valence-electron chi connectivity index (χ3n) is 12.6. The van der Waals surface area contributed by atoms with Crippen molar-refractivity contribution >= 4 is 29.5 Å². The fraction of sp³-hybridized carbons (Fsp3) is 0.902. The van der Waals surface area contributed by atoms with Crippen LogP contribution in [-0.4, -0.2) is 298 Å². The van der Waals surface area contributed by atoms with Gasteiger partial charge < -0.3 is 76.4 Å². The number of nitrogens with two attached hydrogens (primary N) is 1. The zero-order valence-corrected chi connectivity index (χ0v) is 48.8. The standard InChI is InChI=1S/C51H105N11O13/c1-32(2)53-18-44(68)58(33(3)4)19-38(13)54(20-39(14)63)25-45(69)56(22-41(16)65)27-48(72)62(37(11)12)31-51(75)60(35(7)8)29-47(71)55(21-40(15)64)26-46(70)57(23-42(17)66)28-49(73)61(36(9)10)30-50(74)59(34(5)6)24-43(52)67/h32-43,46-48,53,63-67,70-72H,18-31,52H2,1-17H3. The maximum absolute atomic E-state index is 14.3. The number of carbonyl (C=O) groups is 5. The second kappa shape index (κ2) is 35.3. The summed E-state index contributed by atoms with van der Waals surface area (Å²) in [7, 11) is 0. The molecule has 442 valence electrons. The van der Waals surface area contributed by atoms with Gasteiger partial charge in [0, 0.05) is 81.6 Å². The molecule has 0 rings (SSSR count). The molecule has 0 saturated heterocycles. The highest BCUT2D eigenvalue weighted by atomic mass is 16.3. The van der Waals surface area contributed by atoms with Crippen molar-refractivity contribution in [2.24, 2.45) is 5.73 Å². The van der Waals surface area contributed by atoms with Gasteiger partial charge >= 0.3 is 0 Å². The summed E-state index contributed by atoms with van der Waals surface area (Å²) < 4.78 is 0. The fourth-order valence-corrected chi connectivity index (χ4v) is 8.55. The monoisotopic (exact) mass is 1080 g/mol. The first-order chi connectivity index (χ1) is 34.5. The Kier molecular flexibility index (Phi) is 33.8. The maximum atomic E-state index is 14.3. The van der Waals surface area contributed by atoms with E-state index in [1.54, 1.807) is 72.1 Å². The molecule has 0 bridgehead atoms. The molecule has 0 saturated carbocycles. The van der Waals surface area contributed by atoms with Crippen LogP contribution in [0.5, 0.6) is 0 Å². The van der Waals surface area contributed by atoms with Crippen molar-refractivity contribution in [3.05, 3.63) is 0 Å². The van der Waals surface area contributed by atoms with Gasteiger partial charge in [-0.05, 0) is 104 Å². The zero-order chi connectivity index (χ0) is 58.3. The second-order valence-corrected chi connectivity index (χ2v) is 22.2. The van der Waals surface area contributed by atoms with Crippen LogP contribution in [0.25, 0.3) is 0 Å². The molecule has 11 N–H and O–H groups in total. The van der Waals surface area contributed by atoms with Crippen LogP contribution in [0.1, 0.15) is 118 Å². The number of nitrogens with zero attached hydrogens (tertiary/aromatic N) is 9. The summed E-state index contributed by atoms with van der Waals surface area (Å²) in [5.74, 6) is -2.08. The van der Waals surface area contributed by atoms with E-state index in [1.807, 2.05) is 34.6 Å². The van der Waals surface area contributed by atoms with Gasteiger partial charge in [-0.1, -0.05) is 13.8 Å². The van der Waals surface area contributed by atoms with Crippen molar-refractivity contribution in [1.82, 2.24) is 49.4 Å². The molecular formula is C51H105N11O13. The maximum Gasteiger partial charge on any atom is 0.242 e. The summed E-state index contributed by atoms with van der Waals surface area (Å²) in [6, 6.07) is -2.19. The molecule has 0 aromatic rings. The van der Waals surface area contributed by atoms with Crippen molar-refractivity contribution in [1.29, 1.82) is 0 Å². The summed E-state index contributed by atoms with van der Waals surface area (Å²) in [5, 5.41) is 90.3. The Labute approximate surface area is 449 Å². The minimum Gasteiger partial charge on any atom is -0.392 e. The first-order valence-corrected chi connectivity index (χ1v) is 26.9. The summed E-state index contributed by atoms with van der Waals surface area (Å²) in [6.45, 7) is 27.0. The molecule has 9 atom stereocenters. The molecule has 0 spiro atoms. The molecule has 75 heavy (non-hydrogen) atoms. The van der Waals surface area contributed by atoms with E-state index < -0.39 is 97.6 Å². The predicted octanol–water partition coefficient (Wildman–Crippen LogP) is -2.48. The number of hydrogen-bond donors (Lipinski definition) is 10. The number of carbonyl (C=O) groups excluding carboxylic acids is 5. The first-order valence-electron chi connectivity index (χ1n) is 26.9. The topological polar surface area (TPSA) is 314 Å². The molecular weight excluding hydrogens is 975 g/mol. The third-order valence-corrected chi connectivity index (χ3v) is 12.6. The molecule has 0 aliphatic heterocycles. The van der Waals surface area contributed by atoms with E-state index in [2.05, 4.69) is 5.32 Å². The Balaban J connectivity index is 6.54. The lowest BCUT2D eigenvalue weighted by atomic mass is 10.2. The Bertz CT molecular complexity index is 1660. The van der Waals surface area contributed by atoms with Crippen LogP contribution in [0.3, 0.4) is 0 Å². The van der Waals surface area contributed by atoms with Gasteiger partial charge in [-0.15, -0.1) is 0 Å². The normalized spacial score (nSPS) is 16.1. The third kappa shape index (κ3) is 27.8. The van der Waals surface area contributed by atoms with E-state index in [-0.39, 0.29) is 115 Å². The van der Waals surface area contributed by atoms with Crippen LogP contribution in [-0.2, 0) is 24.0 Å². The fourth-order valence-electron chi connectivity index (χ4n) is 8.55. The first kappa shape index (κ1) is 71.8. The molecule has 24 heteroatoms. The Morgan fingerprint density at radius 1 is 0.373 bits per heavy atom. The highest BCUT2D eigenvalue weighted by Crippen LogP contribution is 2.16. The molecule has 0 radical (unpaired) electrons. The summed E-state index contributed by atoms with van der Waals surface area (Å²) in [6.07, 6.45) is -9.59. The minimum absolute atomic E-state index is 0.0978. The number of aliphatic hydroxyl groups excluding tert-OH is 8. The van der Waals surface area contributed by atoms with Crippen LogP contribution in [0.2, 0.25) is 0 Å². The van der Waals surface area contributed by atoms with Crippen molar-refractivity contribution in [2.45, 2.75) is 209 Å². The lowest BCUT2D eigenvalue weighted by Gasteiger charge is -2.40. The van der Waals surface area contributed by atoms with Gasteiger partial charge in [-0.2, -0.15) is 0 Å². The van der Waals surface area contributed by atoms with Crippen molar-refractivity contribution in [3.8, 4) is 0 Å². The molecule has 0 fully saturated rings. The molecule has 24 nitrogen and oxygen atoms in total. The van der Waals surface area contributed by atoms with E-state index in [1.165, 1.54) is 55.1 Å². The molecule has 0 heterocycles. The van der Waals surface area contributed by atoms with Gasteiger partial charge in [-0.3, -0.25) is 43.6 Å². The summed E-state index contributed by atoms with van der Waals surface area (Å²) in [5.41, 5.74) is 5.57. The lowest BCUT2D eigenvalue weighted by molar-refractivity contribution is -0.149. The second-order valence-electron chi connectivity index (χ2n) is 22.2. The van der Waals surface area contributed by atoms with Gasteiger partial charge in [0.05, 0.1) is 70.2 Å². The SMILES string of the molecule is CC(O)CN(CC(O)N(CC(=O)N(CC(O)N(CC(C)O)CC(O)N(CC(=O)N(CC(=O)N(CC(N)O)C(C)C)C(C)C)CC(C)O)C(C)C)C(C)C)C(=O)CN(CC(C)O)C(C)CN(C(=O)CNC(C)C)C(C)C. The Morgan fingerprint density at radius 3 is 1.21 bits per heavy atom. The Morgan fingerprint density at radius 2 is 0.773 bits per heavy atom. The minimum atomic E-state index is -1.51. The summed E-state index contributed by atoms with van der Waals surface area (Å²) in [4.78, 5) is 81.9. The van der Waals surface area contributed by atoms with Crippen LogP contribution in [0.4, 0.5) is 0 Å². The van der Waals surface area contributed by atoms with Crippen molar-refractivity contribution in [3.63, 3.8) is 0 Å². The molecule has 0 aromatic heterocycles. The molecule has 9 unspecified atom stereocenters. The largest absolute Gasteiger partial charge is 0.392 e. The molecule has 5 amide bonds. The number of nitrogens with one attached hydrogen (secondary N) is 1. The average molecular weight is 1080 g/mol. The van der Waals surface area contributed by atoms with Gasteiger partial charge in [0.15, 0.2) is 0 Å². The quantitative estimate of drug-likeness (QED) is 0.0286. The van der Waals surface area contributed by atoms with E-state index in [0.717, 1.165) is 0 Å². The number of aliphatic hydroxyl groups is 8. The smallest absolute Gasteiger partial charge is 0.242 e. The Hall–Kier alpha value is -3.21. The number of hydrogen-bond acceptors (Lipinski definition) is 19. The number of amides is 5. The van der Waals surface area contributed by atoms with E-state index >= 15 is 0 Å². The van der Waals surface area contributed by atoms with Crippen LogP contribution in [0.15, 0.2) is 0 Å². The van der Waals surface area contributed by atoms with Crippen LogP contribution < -0.4 is 11.1 Å². The van der Waals surface area contributed by atoms with Crippen LogP contribution in [0, 0.1) is 0 Å². The van der Waals surface area contributed by atoms with Gasteiger partial charge in [0.2, 0.25) is 29.5 Å². The van der Waals surface area contributed by atoms with Crippen molar-refractivity contribution < 1.29 is 64.8 Å².